The number of hydrogen-bond acceptors (Lipinski definition) is 3. The molecule has 0 aromatic carbocycles. The van der Waals surface area contributed by atoms with Crippen LogP contribution in [-0.4, -0.2) is 35.9 Å². The number of carbonyl (C=O) groups excluding carboxylic acids is 2. The monoisotopic (exact) mass is 209 g/mol. The maximum Gasteiger partial charge on any atom is 0.287 e. The molecular formula is C8H13F2NO3. The Labute approximate surface area is 80.3 Å². The number of aliphatic hydroxyl groups is 1. The summed E-state index contributed by atoms with van der Waals surface area (Å²) in [6.45, 7) is -0.893. The average molecular weight is 209 g/mol. The Morgan fingerprint density at radius 2 is 1.93 bits per heavy atom. The van der Waals surface area contributed by atoms with Crippen LogP contribution in [0, 0.1) is 0 Å². The second-order valence-electron chi connectivity index (χ2n) is 2.99. The van der Waals surface area contributed by atoms with Crippen LogP contribution in [0.5, 0.6) is 0 Å². The number of halogens is 2. The Balaban J connectivity index is 3.69. The van der Waals surface area contributed by atoms with Gasteiger partial charge in [0.25, 0.3) is 5.92 Å². The molecule has 0 aromatic rings. The highest BCUT2D eigenvalue weighted by Gasteiger charge is 2.27. The maximum absolute atomic E-state index is 12.4. The lowest BCUT2D eigenvalue weighted by molar-refractivity contribution is -0.126. The second-order valence-corrected chi connectivity index (χ2v) is 2.99. The van der Waals surface area contributed by atoms with Crippen molar-refractivity contribution in [2.75, 3.05) is 13.2 Å². The van der Waals surface area contributed by atoms with Gasteiger partial charge in [-0.3, -0.25) is 4.79 Å². The van der Waals surface area contributed by atoms with Gasteiger partial charge in [-0.2, -0.15) is 0 Å². The third kappa shape index (κ3) is 6.47. The molecule has 2 N–H and O–H groups in total. The molecule has 0 aliphatic rings. The summed E-state index contributed by atoms with van der Waals surface area (Å²) in [5.41, 5.74) is 0. The minimum atomic E-state index is -3.30. The Morgan fingerprint density at radius 1 is 1.36 bits per heavy atom. The maximum atomic E-state index is 12.4. The van der Waals surface area contributed by atoms with Crippen LogP contribution in [0.25, 0.3) is 0 Å². The summed E-state index contributed by atoms with van der Waals surface area (Å²) < 4.78 is 24.8. The van der Waals surface area contributed by atoms with E-state index in [2.05, 4.69) is 0 Å². The van der Waals surface area contributed by atoms with Crippen molar-refractivity contribution in [2.24, 2.45) is 0 Å². The molecule has 0 fully saturated rings. The Bertz CT molecular complexity index is 219. The molecule has 4 nitrogen and oxygen atoms in total. The van der Waals surface area contributed by atoms with Gasteiger partial charge in [0.15, 0.2) is 0 Å². The number of aliphatic hydroxyl groups excluding tert-OH is 1. The van der Waals surface area contributed by atoms with E-state index in [4.69, 9.17) is 5.11 Å². The average Bonchev–Trinajstić information content (AvgIpc) is 2.11. The Kier molecular flexibility index (Phi) is 5.22. The number of ketones is 1. The van der Waals surface area contributed by atoms with E-state index in [0.29, 0.717) is 0 Å². The minimum absolute atomic E-state index is 0.0382. The van der Waals surface area contributed by atoms with Gasteiger partial charge in [-0.05, 0) is 6.92 Å². The third-order valence-corrected chi connectivity index (χ3v) is 1.48. The predicted octanol–water partition coefficient (Wildman–Crippen LogP) is 0.0994. The Hall–Kier alpha value is -1.04. The number of hydrogen-bond donors (Lipinski definition) is 2. The van der Waals surface area contributed by atoms with Crippen molar-refractivity contribution >= 4 is 11.7 Å². The molecule has 0 rings (SSSR count). The number of Topliss-reactive ketones (excluding diaryl/α,β-unsaturated/α-hetero) is 1. The fourth-order valence-corrected chi connectivity index (χ4v) is 0.662. The molecule has 0 bridgehead atoms. The van der Waals surface area contributed by atoms with Crippen molar-refractivity contribution in [1.82, 2.24) is 5.32 Å². The molecule has 0 saturated heterocycles. The number of alkyl halides is 2. The number of amides is 1. The van der Waals surface area contributed by atoms with Gasteiger partial charge in [-0.1, -0.05) is 0 Å². The first-order valence-electron chi connectivity index (χ1n) is 4.12. The van der Waals surface area contributed by atoms with E-state index in [1.54, 1.807) is 0 Å². The third-order valence-electron chi connectivity index (χ3n) is 1.48. The van der Waals surface area contributed by atoms with E-state index in [-0.39, 0.29) is 18.6 Å². The van der Waals surface area contributed by atoms with Gasteiger partial charge in [0.1, 0.15) is 12.4 Å². The molecule has 0 aliphatic heterocycles. The lowest BCUT2D eigenvalue weighted by Gasteiger charge is -2.13. The van der Waals surface area contributed by atoms with Gasteiger partial charge >= 0.3 is 0 Å². The molecule has 1 amide bonds. The highest BCUT2D eigenvalue weighted by molar-refractivity contribution is 5.83. The van der Waals surface area contributed by atoms with Crippen molar-refractivity contribution in [3.63, 3.8) is 0 Å². The van der Waals surface area contributed by atoms with Gasteiger partial charge < -0.3 is 15.2 Å². The highest BCUT2D eigenvalue weighted by atomic mass is 19.3. The first-order chi connectivity index (χ1) is 6.37. The zero-order valence-corrected chi connectivity index (χ0v) is 7.85. The van der Waals surface area contributed by atoms with E-state index < -0.39 is 25.0 Å². The van der Waals surface area contributed by atoms with Crippen LogP contribution in [0.15, 0.2) is 0 Å². The smallest absolute Gasteiger partial charge is 0.287 e. The van der Waals surface area contributed by atoms with Crippen LogP contribution in [0.4, 0.5) is 8.78 Å². The largest absolute Gasteiger partial charge is 0.390 e. The fraction of sp³-hybridized carbons (Fsp3) is 0.750. The number of carbonyl (C=O) groups is 2. The molecule has 14 heavy (non-hydrogen) atoms. The number of rotatable bonds is 6. The van der Waals surface area contributed by atoms with Gasteiger partial charge in [0.05, 0.1) is 6.54 Å². The van der Waals surface area contributed by atoms with Crippen LogP contribution < -0.4 is 5.32 Å². The second kappa shape index (κ2) is 5.64. The lowest BCUT2D eigenvalue weighted by Crippen LogP contribution is -2.39. The van der Waals surface area contributed by atoms with Crippen molar-refractivity contribution in [3.05, 3.63) is 0 Å². The van der Waals surface area contributed by atoms with Crippen molar-refractivity contribution in [3.8, 4) is 0 Å². The summed E-state index contributed by atoms with van der Waals surface area (Å²) >= 11 is 0. The predicted molar refractivity (Wildman–Crippen MR) is 45.0 cm³/mol. The summed E-state index contributed by atoms with van der Waals surface area (Å²) in [5, 5.41) is 10.1. The van der Waals surface area contributed by atoms with Crippen LogP contribution in [-0.2, 0) is 9.59 Å². The molecule has 0 heterocycles. The summed E-state index contributed by atoms with van der Waals surface area (Å²) in [4.78, 5) is 21.3. The molecule has 6 heteroatoms. The minimum Gasteiger partial charge on any atom is -0.390 e. The summed E-state index contributed by atoms with van der Waals surface area (Å²) in [6, 6.07) is 0. The summed E-state index contributed by atoms with van der Waals surface area (Å²) in [7, 11) is 0. The van der Waals surface area contributed by atoms with Crippen molar-refractivity contribution in [2.45, 2.75) is 25.7 Å². The Morgan fingerprint density at radius 3 is 2.36 bits per heavy atom. The highest BCUT2D eigenvalue weighted by Crippen LogP contribution is 2.09. The standard InChI is InChI=1S/C8H13F2NO3/c1-6(13)2-3-7(14)11-4-8(9,10)5-12/h12H,2-5H2,1H3,(H,11,14). The molecule has 0 unspecified atom stereocenters. The van der Waals surface area contributed by atoms with E-state index in [1.165, 1.54) is 6.92 Å². The number of nitrogens with one attached hydrogen (secondary N) is 1. The van der Waals surface area contributed by atoms with Gasteiger partial charge in [0, 0.05) is 12.8 Å². The van der Waals surface area contributed by atoms with Gasteiger partial charge in [0.2, 0.25) is 5.91 Å². The zero-order valence-electron chi connectivity index (χ0n) is 7.85. The SMILES string of the molecule is CC(=O)CCC(=O)NCC(F)(F)CO. The molecule has 0 spiro atoms. The molecular weight excluding hydrogens is 196 g/mol. The molecule has 0 saturated carbocycles. The van der Waals surface area contributed by atoms with E-state index in [9.17, 15) is 18.4 Å². The first kappa shape index (κ1) is 13.0. The normalized spacial score (nSPS) is 11.1. The molecule has 82 valence electrons. The summed E-state index contributed by atoms with van der Waals surface area (Å²) in [5.74, 6) is -4.09. The lowest BCUT2D eigenvalue weighted by atomic mass is 10.2. The molecule has 0 radical (unpaired) electrons. The van der Waals surface area contributed by atoms with Crippen LogP contribution in [0.2, 0.25) is 0 Å². The molecule has 0 atom stereocenters. The van der Waals surface area contributed by atoms with Gasteiger partial charge in [-0.15, -0.1) is 0 Å². The van der Waals surface area contributed by atoms with E-state index in [0.717, 1.165) is 0 Å². The van der Waals surface area contributed by atoms with Crippen molar-refractivity contribution in [1.29, 1.82) is 0 Å². The van der Waals surface area contributed by atoms with Crippen molar-refractivity contribution < 1.29 is 23.5 Å². The van der Waals surface area contributed by atoms with Crippen LogP contribution >= 0.6 is 0 Å². The van der Waals surface area contributed by atoms with E-state index >= 15 is 0 Å². The topological polar surface area (TPSA) is 66.4 Å². The fourth-order valence-electron chi connectivity index (χ4n) is 0.662. The molecule has 0 aromatic heterocycles. The first-order valence-corrected chi connectivity index (χ1v) is 4.12. The quantitative estimate of drug-likeness (QED) is 0.652. The van der Waals surface area contributed by atoms with Crippen LogP contribution in [0.1, 0.15) is 19.8 Å². The van der Waals surface area contributed by atoms with Crippen LogP contribution in [0.3, 0.4) is 0 Å². The van der Waals surface area contributed by atoms with E-state index in [1.807, 2.05) is 5.32 Å². The summed E-state index contributed by atoms with van der Waals surface area (Å²) in [6.07, 6.45) is -0.0621. The molecule has 0 aliphatic carbocycles. The van der Waals surface area contributed by atoms with Gasteiger partial charge in [-0.25, -0.2) is 8.78 Å². The zero-order chi connectivity index (χ0) is 11.2.